The predicted molar refractivity (Wildman–Crippen MR) is 41.0 cm³/mol. The van der Waals surface area contributed by atoms with Gasteiger partial charge in [0.15, 0.2) is 0 Å². The summed E-state index contributed by atoms with van der Waals surface area (Å²) in [5, 5.41) is 0. The average Bonchev–Trinajstić information content (AvgIpc) is 2.00. The number of ether oxygens (including phenoxy) is 2. The number of hydrogen-bond acceptors (Lipinski definition) is 3. The molecule has 0 fully saturated rings. The Bertz CT molecular complexity index is 81.7. The molecular formula is C7H17NO2. The number of rotatable bonds is 5. The van der Waals surface area contributed by atoms with Crippen LogP contribution in [0.3, 0.4) is 0 Å². The SMILES string of the molecule is COCCC(C)(CN)OC. The molecule has 0 radical (unpaired) electrons. The van der Waals surface area contributed by atoms with Gasteiger partial charge in [0.05, 0.1) is 5.60 Å². The summed E-state index contributed by atoms with van der Waals surface area (Å²) in [5.41, 5.74) is 5.27. The first-order valence-electron chi connectivity index (χ1n) is 3.42. The lowest BCUT2D eigenvalue weighted by Crippen LogP contribution is -2.37. The minimum Gasteiger partial charge on any atom is -0.385 e. The fourth-order valence-corrected chi connectivity index (χ4v) is 0.605. The maximum Gasteiger partial charge on any atom is 0.0794 e. The minimum absolute atomic E-state index is 0.212. The van der Waals surface area contributed by atoms with Crippen LogP contribution in [0.15, 0.2) is 0 Å². The largest absolute Gasteiger partial charge is 0.385 e. The quantitative estimate of drug-likeness (QED) is 0.611. The van der Waals surface area contributed by atoms with Gasteiger partial charge in [-0.1, -0.05) is 0 Å². The van der Waals surface area contributed by atoms with Crippen LogP contribution < -0.4 is 5.73 Å². The molecule has 2 N–H and O–H groups in total. The molecule has 0 rings (SSSR count). The van der Waals surface area contributed by atoms with Crippen LogP contribution in [0.25, 0.3) is 0 Å². The van der Waals surface area contributed by atoms with E-state index in [-0.39, 0.29) is 5.60 Å². The summed E-state index contributed by atoms with van der Waals surface area (Å²) < 4.78 is 10.1. The molecule has 3 nitrogen and oxygen atoms in total. The van der Waals surface area contributed by atoms with Crippen LogP contribution in [-0.4, -0.2) is 33.0 Å². The second kappa shape index (κ2) is 4.66. The van der Waals surface area contributed by atoms with Crippen LogP contribution in [0.5, 0.6) is 0 Å². The van der Waals surface area contributed by atoms with E-state index in [0.717, 1.165) is 6.42 Å². The van der Waals surface area contributed by atoms with Crippen LogP contribution in [0.4, 0.5) is 0 Å². The van der Waals surface area contributed by atoms with Crippen molar-refractivity contribution in [2.75, 3.05) is 27.4 Å². The molecule has 62 valence electrons. The molecule has 1 atom stereocenters. The third kappa shape index (κ3) is 3.15. The Morgan fingerprint density at radius 2 is 2.00 bits per heavy atom. The van der Waals surface area contributed by atoms with Gasteiger partial charge in [0.1, 0.15) is 0 Å². The summed E-state index contributed by atoms with van der Waals surface area (Å²) in [6.07, 6.45) is 0.844. The third-order valence-corrected chi connectivity index (χ3v) is 1.76. The van der Waals surface area contributed by atoms with Crippen molar-refractivity contribution in [2.24, 2.45) is 5.73 Å². The maximum atomic E-state index is 5.48. The highest BCUT2D eigenvalue weighted by Crippen LogP contribution is 2.11. The molecule has 0 aliphatic rings. The number of nitrogens with two attached hydrogens (primary N) is 1. The first-order valence-corrected chi connectivity index (χ1v) is 3.42. The zero-order chi connectivity index (χ0) is 8.04. The van der Waals surface area contributed by atoms with Gasteiger partial charge in [0, 0.05) is 33.8 Å². The van der Waals surface area contributed by atoms with Gasteiger partial charge in [-0.15, -0.1) is 0 Å². The molecule has 0 amide bonds. The lowest BCUT2D eigenvalue weighted by Gasteiger charge is -2.25. The Hall–Kier alpha value is -0.120. The summed E-state index contributed by atoms with van der Waals surface area (Å²) in [7, 11) is 3.34. The normalized spacial score (nSPS) is 16.8. The van der Waals surface area contributed by atoms with Gasteiger partial charge < -0.3 is 15.2 Å². The van der Waals surface area contributed by atoms with Gasteiger partial charge in [-0.05, 0) is 6.92 Å². The lowest BCUT2D eigenvalue weighted by atomic mass is 10.0. The Labute approximate surface area is 62.5 Å². The van der Waals surface area contributed by atoms with E-state index in [1.807, 2.05) is 6.92 Å². The Balaban J connectivity index is 3.58. The van der Waals surface area contributed by atoms with Gasteiger partial charge >= 0.3 is 0 Å². The van der Waals surface area contributed by atoms with E-state index in [0.29, 0.717) is 13.2 Å². The van der Waals surface area contributed by atoms with Crippen molar-refractivity contribution in [3.8, 4) is 0 Å². The third-order valence-electron chi connectivity index (χ3n) is 1.76. The fourth-order valence-electron chi connectivity index (χ4n) is 0.605. The molecule has 0 saturated heterocycles. The van der Waals surface area contributed by atoms with Crippen molar-refractivity contribution in [3.63, 3.8) is 0 Å². The van der Waals surface area contributed by atoms with E-state index in [1.54, 1.807) is 14.2 Å². The highest BCUT2D eigenvalue weighted by atomic mass is 16.5. The average molecular weight is 147 g/mol. The molecule has 0 heterocycles. The highest BCUT2D eigenvalue weighted by molar-refractivity contribution is 4.74. The van der Waals surface area contributed by atoms with Crippen molar-refractivity contribution < 1.29 is 9.47 Å². The second-order valence-electron chi connectivity index (χ2n) is 2.60. The summed E-state index contributed by atoms with van der Waals surface area (Å²) in [5.74, 6) is 0. The van der Waals surface area contributed by atoms with Crippen LogP contribution in [0.2, 0.25) is 0 Å². The Kier molecular flexibility index (Phi) is 4.60. The Morgan fingerprint density at radius 1 is 1.40 bits per heavy atom. The predicted octanol–water partition coefficient (Wildman–Crippen LogP) is 0.387. The van der Waals surface area contributed by atoms with Gasteiger partial charge in [-0.2, -0.15) is 0 Å². The molecule has 0 aromatic carbocycles. The molecule has 0 saturated carbocycles. The molecule has 3 heteroatoms. The van der Waals surface area contributed by atoms with Gasteiger partial charge in [-0.25, -0.2) is 0 Å². The van der Waals surface area contributed by atoms with Crippen LogP contribution in [0, 0.1) is 0 Å². The molecule has 0 aliphatic heterocycles. The van der Waals surface area contributed by atoms with Crippen LogP contribution in [0.1, 0.15) is 13.3 Å². The zero-order valence-electron chi connectivity index (χ0n) is 7.02. The van der Waals surface area contributed by atoms with Crippen molar-refractivity contribution in [2.45, 2.75) is 18.9 Å². The summed E-state index contributed by atoms with van der Waals surface area (Å²) in [6.45, 7) is 3.21. The van der Waals surface area contributed by atoms with E-state index >= 15 is 0 Å². The van der Waals surface area contributed by atoms with Crippen molar-refractivity contribution in [3.05, 3.63) is 0 Å². The van der Waals surface area contributed by atoms with Crippen LogP contribution >= 0.6 is 0 Å². The minimum atomic E-state index is -0.212. The van der Waals surface area contributed by atoms with Gasteiger partial charge in [0.2, 0.25) is 0 Å². The first kappa shape index (κ1) is 9.88. The standard InChI is InChI=1S/C7H17NO2/c1-7(6-8,10-3)4-5-9-2/h4-6,8H2,1-3H3. The monoisotopic (exact) mass is 147 g/mol. The molecule has 0 aromatic rings. The van der Waals surface area contributed by atoms with E-state index in [4.69, 9.17) is 15.2 Å². The Morgan fingerprint density at radius 3 is 2.30 bits per heavy atom. The van der Waals surface area contributed by atoms with E-state index in [2.05, 4.69) is 0 Å². The summed E-state index contributed by atoms with van der Waals surface area (Å²) in [6, 6.07) is 0. The maximum absolute atomic E-state index is 5.48. The zero-order valence-corrected chi connectivity index (χ0v) is 7.02. The topological polar surface area (TPSA) is 44.5 Å². The van der Waals surface area contributed by atoms with E-state index in [1.165, 1.54) is 0 Å². The molecule has 10 heavy (non-hydrogen) atoms. The molecule has 0 spiro atoms. The highest BCUT2D eigenvalue weighted by Gasteiger charge is 2.20. The van der Waals surface area contributed by atoms with E-state index < -0.39 is 0 Å². The fraction of sp³-hybridized carbons (Fsp3) is 1.00. The molecule has 0 aromatic heterocycles. The van der Waals surface area contributed by atoms with Gasteiger partial charge in [0.25, 0.3) is 0 Å². The first-order chi connectivity index (χ1) is 4.68. The lowest BCUT2D eigenvalue weighted by molar-refractivity contribution is -0.0107. The molecule has 1 unspecified atom stereocenters. The summed E-state index contributed by atoms with van der Waals surface area (Å²) in [4.78, 5) is 0. The van der Waals surface area contributed by atoms with E-state index in [9.17, 15) is 0 Å². The summed E-state index contributed by atoms with van der Waals surface area (Å²) >= 11 is 0. The number of methoxy groups -OCH3 is 2. The van der Waals surface area contributed by atoms with Crippen molar-refractivity contribution >= 4 is 0 Å². The van der Waals surface area contributed by atoms with Crippen molar-refractivity contribution in [1.29, 1.82) is 0 Å². The molecule has 0 bridgehead atoms. The van der Waals surface area contributed by atoms with Gasteiger partial charge in [-0.3, -0.25) is 0 Å². The van der Waals surface area contributed by atoms with Crippen LogP contribution in [-0.2, 0) is 9.47 Å². The molecular weight excluding hydrogens is 130 g/mol. The second-order valence-corrected chi connectivity index (χ2v) is 2.60. The smallest absolute Gasteiger partial charge is 0.0794 e. The number of hydrogen-bond donors (Lipinski definition) is 1. The molecule has 0 aliphatic carbocycles. The van der Waals surface area contributed by atoms with Crippen molar-refractivity contribution in [1.82, 2.24) is 0 Å².